The van der Waals surface area contributed by atoms with Crippen LogP contribution in [0.5, 0.6) is 17.2 Å². The topological polar surface area (TPSA) is 126 Å². The lowest BCUT2D eigenvalue weighted by Crippen LogP contribution is -2.23. The Morgan fingerprint density at radius 3 is 2.53 bits per heavy atom. The molecule has 2 aromatic carbocycles. The Morgan fingerprint density at radius 2 is 1.84 bits per heavy atom. The molecule has 0 aliphatic heterocycles. The summed E-state index contributed by atoms with van der Waals surface area (Å²) in [6.07, 6.45) is 2.26. The highest BCUT2D eigenvalue weighted by atomic mass is 16.5. The summed E-state index contributed by atoms with van der Waals surface area (Å²) in [5.74, 6) is 2.02. The maximum Gasteiger partial charge on any atom is 0.255 e. The number of nitrogens with one attached hydrogen (secondary N) is 1. The van der Waals surface area contributed by atoms with Crippen molar-refractivity contribution in [2.24, 2.45) is 5.73 Å². The summed E-state index contributed by atoms with van der Waals surface area (Å²) < 4.78 is 21.4. The fourth-order valence-corrected chi connectivity index (χ4v) is 2.91. The maximum absolute atomic E-state index is 12.2. The zero-order valence-electron chi connectivity index (χ0n) is 17.9. The van der Waals surface area contributed by atoms with Gasteiger partial charge in [0.15, 0.2) is 29.8 Å². The van der Waals surface area contributed by atoms with E-state index in [2.05, 4.69) is 10.3 Å². The van der Waals surface area contributed by atoms with Crippen LogP contribution in [0.1, 0.15) is 17.9 Å². The van der Waals surface area contributed by atoms with Gasteiger partial charge >= 0.3 is 0 Å². The third-order valence-corrected chi connectivity index (χ3v) is 4.58. The second-order valence-electron chi connectivity index (χ2n) is 6.86. The molecule has 3 N–H and O–H groups in total. The SMILES string of the molecule is COc1ccc(-c2cnc(CCC(=O)NCc3ccc(OCC(N)=O)c(OC)c3)o2)cc1. The Balaban J connectivity index is 1.49. The molecule has 0 radical (unpaired) electrons. The number of carbonyl (C=O) groups is 2. The van der Waals surface area contributed by atoms with Crippen molar-refractivity contribution in [3.05, 3.63) is 60.1 Å². The van der Waals surface area contributed by atoms with E-state index in [0.29, 0.717) is 36.1 Å². The number of aryl methyl sites for hydroxylation is 1. The number of methoxy groups -OCH3 is 2. The van der Waals surface area contributed by atoms with Crippen LogP contribution in [0.25, 0.3) is 11.3 Å². The number of rotatable bonds is 11. The molecule has 2 amide bonds. The number of benzene rings is 2. The number of aromatic nitrogens is 1. The second-order valence-corrected chi connectivity index (χ2v) is 6.86. The molecule has 0 aliphatic carbocycles. The van der Waals surface area contributed by atoms with Crippen molar-refractivity contribution in [2.75, 3.05) is 20.8 Å². The molecule has 1 aromatic heterocycles. The Hall–Kier alpha value is -4.01. The quantitative estimate of drug-likeness (QED) is 0.470. The predicted molar refractivity (Wildman–Crippen MR) is 116 cm³/mol. The van der Waals surface area contributed by atoms with Gasteiger partial charge in [-0.2, -0.15) is 0 Å². The summed E-state index contributed by atoms with van der Waals surface area (Å²) in [4.78, 5) is 27.4. The van der Waals surface area contributed by atoms with Crippen molar-refractivity contribution in [3.63, 3.8) is 0 Å². The van der Waals surface area contributed by atoms with E-state index in [1.165, 1.54) is 7.11 Å². The van der Waals surface area contributed by atoms with Crippen LogP contribution in [0.3, 0.4) is 0 Å². The number of oxazole rings is 1. The first-order valence-electron chi connectivity index (χ1n) is 9.92. The van der Waals surface area contributed by atoms with Crippen LogP contribution in [0.4, 0.5) is 0 Å². The molecular formula is C23H25N3O6. The average molecular weight is 439 g/mol. The molecule has 0 aliphatic rings. The largest absolute Gasteiger partial charge is 0.497 e. The monoisotopic (exact) mass is 439 g/mol. The first-order valence-corrected chi connectivity index (χ1v) is 9.92. The molecule has 168 valence electrons. The normalized spacial score (nSPS) is 10.4. The molecule has 0 fully saturated rings. The van der Waals surface area contributed by atoms with Crippen molar-refractivity contribution in [2.45, 2.75) is 19.4 Å². The van der Waals surface area contributed by atoms with Gasteiger partial charge < -0.3 is 29.7 Å². The lowest BCUT2D eigenvalue weighted by Gasteiger charge is -2.11. The predicted octanol–water partition coefficient (Wildman–Crippen LogP) is 2.47. The standard InChI is InChI=1S/C23H25N3O6/c1-29-17-6-4-16(5-7-17)20-13-26-23(32-20)10-9-22(28)25-12-15-3-8-18(19(11-15)30-2)31-14-21(24)27/h3-8,11,13H,9-10,12,14H2,1-2H3,(H2,24,27)(H,25,28). The molecule has 9 heteroatoms. The van der Waals surface area contributed by atoms with E-state index >= 15 is 0 Å². The molecule has 0 atom stereocenters. The van der Waals surface area contributed by atoms with Crippen LogP contribution in [-0.2, 0) is 22.6 Å². The minimum Gasteiger partial charge on any atom is -0.497 e. The smallest absolute Gasteiger partial charge is 0.255 e. The lowest BCUT2D eigenvalue weighted by atomic mass is 10.2. The minimum absolute atomic E-state index is 0.137. The lowest BCUT2D eigenvalue weighted by molar-refractivity contribution is -0.121. The van der Waals surface area contributed by atoms with Gasteiger partial charge in [-0.25, -0.2) is 4.98 Å². The molecule has 1 heterocycles. The molecule has 3 aromatic rings. The Morgan fingerprint density at radius 1 is 1.06 bits per heavy atom. The highest BCUT2D eigenvalue weighted by Crippen LogP contribution is 2.28. The van der Waals surface area contributed by atoms with Crippen LogP contribution in [0, 0.1) is 0 Å². The second kappa shape index (κ2) is 10.9. The summed E-state index contributed by atoms with van der Waals surface area (Å²) in [5.41, 5.74) is 6.79. The first-order chi connectivity index (χ1) is 15.5. The van der Waals surface area contributed by atoms with Crippen LogP contribution in [-0.4, -0.2) is 37.6 Å². The molecule has 0 spiro atoms. The van der Waals surface area contributed by atoms with Crippen LogP contribution in [0.15, 0.2) is 53.1 Å². The number of nitrogens with two attached hydrogens (primary N) is 1. The summed E-state index contributed by atoms with van der Waals surface area (Å²) in [7, 11) is 3.10. The number of nitrogens with zero attached hydrogens (tertiary/aromatic N) is 1. The number of hydrogen-bond acceptors (Lipinski definition) is 7. The molecule has 0 saturated carbocycles. The van der Waals surface area contributed by atoms with Gasteiger partial charge in [0.1, 0.15) is 5.75 Å². The van der Waals surface area contributed by atoms with Crippen molar-refractivity contribution < 1.29 is 28.2 Å². The van der Waals surface area contributed by atoms with Gasteiger partial charge in [0, 0.05) is 24.9 Å². The van der Waals surface area contributed by atoms with Crippen LogP contribution < -0.4 is 25.3 Å². The van der Waals surface area contributed by atoms with Crippen molar-refractivity contribution in [3.8, 4) is 28.6 Å². The van der Waals surface area contributed by atoms with Gasteiger partial charge in [-0.15, -0.1) is 0 Å². The van der Waals surface area contributed by atoms with E-state index in [9.17, 15) is 9.59 Å². The van der Waals surface area contributed by atoms with E-state index in [4.69, 9.17) is 24.4 Å². The van der Waals surface area contributed by atoms with Crippen molar-refractivity contribution >= 4 is 11.8 Å². The third-order valence-electron chi connectivity index (χ3n) is 4.58. The van der Waals surface area contributed by atoms with Gasteiger partial charge in [0.05, 0.1) is 20.4 Å². The number of amides is 2. The molecule has 0 unspecified atom stereocenters. The number of hydrogen-bond donors (Lipinski definition) is 2. The molecule has 9 nitrogen and oxygen atoms in total. The van der Waals surface area contributed by atoms with Gasteiger partial charge in [-0.05, 0) is 42.0 Å². The Bertz CT molecular complexity index is 1060. The van der Waals surface area contributed by atoms with Gasteiger partial charge in [-0.3, -0.25) is 9.59 Å². The van der Waals surface area contributed by atoms with E-state index in [1.54, 1.807) is 31.5 Å². The van der Waals surface area contributed by atoms with Gasteiger partial charge in [-0.1, -0.05) is 6.07 Å². The molecule has 0 saturated heterocycles. The third kappa shape index (κ3) is 6.24. The maximum atomic E-state index is 12.2. The van der Waals surface area contributed by atoms with Gasteiger partial charge in [0.25, 0.3) is 5.91 Å². The molecule has 3 rings (SSSR count). The Kier molecular flexibility index (Phi) is 7.69. The summed E-state index contributed by atoms with van der Waals surface area (Å²) in [6, 6.07) is 12.6. The fraction of sp³-hybridized carbons (Fsp3) is 0.261. The van der Waals surface area contributed by atoms with E-state index in [0.717, 1.165) is 16.9 Å². The summed E-state index contributed by atoms with van der Waals surface area (Å²) in [6.45, 7) is 0.0708. The molecule has 32 heavy (non-hydrogen) atoms. The highest BCUT2D eigenvalue weighted by Gasteiger charge is 2.11. The van der Waals surface area contributed by atoms with Gasteiger partial charge in [0.2, 0.25) is 5.91 Å². The molecular weight excluding hydrogens is 414 g/mol. The number of carbonyl (C=O) groups excluding carboxylic acids is 2. The number of primary amides is 1. The average Bonchev–Trinajstić information content (AvgIpc) is 3.29. The van der Waals surface area contributed by atoms with E-state index < -0.39 is 5.91 Å². The Labute approximate surface area is 185 Å². The minimum atomic E-state index is -0.578. The van der Waals surface area contributed by atoms with Crippen LogP contribution >= 0.6 is 0 Å². The van der Waals surface area contributed by atoms with E-state index in [1.807, 2.05) is 24.3 Å². The highest BCUT2D eigenvalue weighted by molar-refractivity contribution is 5.76. The molecule has 0 bridgehead atoms. The van der Waals surface area contributed by atoms with Crippen LogP contribution in [0.2, 0.25) is 0 Å². The van der Waals surface area contributed by atoms with Crippen molar-refractivity contribution in [1.82, 2.24) is 10.3 Å². The number of ether oxygens (including phenoxy) is 3. The fourth-order valence-electron chi connectivity index (χ4n) is 2.91. The first kappa shape index (κ1) is 22.7. The van der Waals surface area contributed by atoms with Crippen molar-refractivity contribution in [1.29, 1.82) is 0 Å². The summed E-state index contributed by atoms with van der Waals surface area (Å²) in [5, 5.41) is 2.85. The zero-order valence-corrected chi connectivity index (χ0v) is 17.9. The van der Waals surface area contributed by atoms with E-state index in [-0.39, 0.29) is 18.9 Å². The summed E-state index contributed by atoms with van der Waals surface area (Å²) >= 11 is 0. The zero-order chi connectivity index (χ0) is 22.9.